The molecule has 0 bridgehead atoms. The van der Waals surface area contributed by atoms with Crippen molar-refractivity contribution in [3.05, 3.63) is 42.0 Å². The second kappa shape index (κ2) is 8.80. The number of nitrogens with one attached hydrogen (secondary N) is 2. The molecular weight excluding hydrogens is 340 g/mol. The second-order valence-corrected chi connectivity index (χ2v) is 7.13. The quantitative estimate of drug-likeness (QED) is 0.584. The lowest BCUT2D eigenvalue weighted by Crippen LogP contribution is -2.31. The maximum atomic E-state index is 12.2. The Morgan fingerprint density at radius 2 is 2.00 bits per heavy atom. The Kier molecular flexibility index (Phi) is 6.75. The number of rotatable bonds is 6. The van der Waals surface area contributed by atoms with Gasteiger partial charge in [0.1, 0.15) is 5.00 Å². The summed E-state index contributed by atoms with van der Waals surface area (Å²) >= 11 is 6.81. The molecule has 2 N–H and O–H groups in total. The molecule has 2 aromatic rings. The van der Waals surface area contributed by atoms with Crippen LogP contribution in [0.3, 0.4) is 0 Å². The summed E-state index contributed by atoms with van der Waals surface area (Å²) in [6.07, 6.45) is 0. The fourth-order valence-corrected chi connectivity index (χ4v) is 3.34. The van der Waals surface area contributed by atoms with Gasteiger partial charge in [-0.2, -0.15) is 0 Å². The van der Waals surface area contributed by atoms with Crippen molar-refractivity contribution in [2.45, 2.75) is 20.8 Å². The van der Waals surface area contributed by atoms with Crippen molar-refractivity contribution in [3.8, 4) is 10.4 Å². The van der Waals surface area contributed by atoms with Crippen molar-refractivity contribution in [2.75, 3.05) is 18.5 Å². The van der Waals surface area contributed by atoms with Gasteiger partial charge in [-0.15, -0.1) is 11.3 Å². The van der Waals surface area contributed by atoms with Gasteiger partial charge in [0.05, 0.1) is 12.2 Å². The molecule has 0 unspecified atom stereocenters. The molecule has 1 aromatic carbocycles. The number of ether oxygens (including phenoxy) is 1. The SMILES string of the molecule is CCOC(=O)c1cc(-c2ccccc2)sc1NC(=S)NCC(C)C. The Balaban J connectivity index is 2.25. The van der Waals surface area contributed by atoms with E-state index in [-0.39, 0.29) is 5.97 Å². The molecule has 6 heteroatoms. The summed E-state index contributed by atoms with van der Waals surface area (Å²) in [6.45, 7) is 7.13. The minimum atomic E-state index is -0.343. The molecule has 0 fully saturated rings. The number of carbonyl (C=O) groups excluding carboxylic acids is 1. The molecule has 0 radical (unpaired) electrons. The largest absolute Gasteiger partial charge is 0.462 e. The molecule has 0 aliphatic carbocycles. The first-order valence-electron chi connectivity index (χ1n) is 7.92. The van der Waals surface area contributed by atoms with E-state index in [0.29, 0.717) is 28.2 Å². The van der Waals surface area contributed by atoms with Gasteiger partial charge >= 0.3 is 5.97 Å². The van der Waals surface area contributed by atoms with Crippen LogP contribution in [-0.2, 0) is 4.74 Å². The smallest absolute Gasteiger partial charge is 0.341 e. The summed E-state index contributed by atoms with van der Waals surface area (Å²) in [5, 5.41) is 7.50. The van der Waals surface area contributed by atoms with Gasteiger partial charge < -0.3 is 15.4 Å². The van der Waals surface area contributed by atoms with Crippen LogP contribution in [0.5, 0.6) is 0 Å². The fourth-order valence-electron chi connectivity index (χ4n) is 2.03. The van der Waals surface area contributed by atoms with Crippen molar-refractivity contribution in [2.24, 2.45) is 5.92 Å². The molecule has 0 aliphatic rings. The van der Waals surface area contributed by atoms with Crippen LogP contribution in [0.15, 0.2) is 36.4 Å². The van der Waals surface area contributed by atoms with E-state index >= 15 is 0 Å². The first kappa shape index (κ1) is 18.4. The molecule has 2 rings (SSSR count). The average molecular weight is 363 g/mol. The lowest BCUT2D eigenvalue weighted by atomic mass is 10.1. The van der Waals surface area contributed by atoms with Crippen molar-refractivity contribution >= 4 is 39.6 Å². The molecule has 0 aliphatic heterocycles. The van der Waals surface area contributed by atoms with Crippen LogP contribution in [0.1, 0.15) is 31.1 Å². The van der Waals surface area contributed by atoms with Crippen LogP contribution in [-0.4, -0.2) is 24.2 Å². The number of carbonyl (C=O) groups is 1. The van der Waals surface area contributed by atoms with E-state index in [1.54, 1.807) is 6.92 Å². The van der Waals surface area contributed by atoms with Crippen molar-refractivity contribution in [1.29, 1.82) is 0 Å². The number of benzene rings is 1. The average Bonchev–Trinajstić information content (AvgIpc) is 2.98. The van der Waals surface area contributed by atoms with E-state index in [1.807, 2.05) is 36.4 Å². The van der Waals surface area contributed by atoms with Crippen LogP contribution in [0, 0.1) is 5.92 Å². The van der Waals surface area contributed by atoms with Crippen LogP contribution in [0.2, 0.25) is 0 Å². The Labute approximate surface area is 152 Å². The molecular formula is C18H22N2O2S2. The van der Waals surface area contributed by atoms with Gasteiger partial charge in [0.15, 0.2) is 5.11 Å². The maximum Gasteiger partial charge on any atom is 0.341 e. The highest BCUT2D eigenvalue weighted by molar-refractivity contribution is 7.80. The fraction of sp³-hybridized carbons (Fsp3) is 0.333. The number of thiocarbonyl (C=S) groups is 1. The summed E-state index contributed by atoms with van der Waals surface area (Å²) in [5.41, 5.74) is 1.57. The van der Waals surface area contributed by atoms with Gasteiger partial charge in [0.2, 0.25) is 0 Å². The van der Waals surface area contributed by atoms with E-state index in [2.05, 4.69) is 24.5 Å². The summed E-state index contributed by atoms with van der Waals surface area (Å²) in [4.78, 5) is 13.2. The first-order chi connectivity index (χ1) is 11.5. The Morgan fingerprint density at radius 1 is 1.29 bits per heavy atom. The molecule has 0 spiro atoms. The number of hydrogen-bond acceptors (Lipinski definition) is 4. The zero-order valence-electron chi connectivity index (χ0n) is 14.1. The van der Waals surface area contributed by atoms with Gasteiger partial charge in [-0.1, -0.05) is 44.2 Å². The van der Waals surface area contributed by atoms with Gasteiger partial charge in [0, 0.05) is 11.4 Å². The first-order valence-corrected chi connectivity index (χ1v) is 9.15. The molecule has 0 saturated heterocycles. The molecule has 24 heavy (non-hydrogen) atoms. The molecule has 1 heterocycles. The molecule has 128 valence electrons. The molecule has 0 amide bonds. The van der Waals surface area contributed by atoms with Crippen LogP contribution >= 0.6 is 23.6 Å². The van der Waals surface area contributed by atoms with E-state index < -0.39 is 0 Å². The highest BCUT2D eigenvalue weighted by atomic mass is 32.1. The topological polar surface area (TPSA) is 50.4 Å². The summed E-state index contributed by atoms with van der Waals surface area (Å²) in [5.74, 6) is 0.141. The van der Waals surface area contributed by atoms with E-state index in [1.165, 1.54) is 11.3 Å². The molecule has 1 aromatic heterocycles. The summed E-state index contributed by atoms with van der Waals surface area (Å²) < 4.78 is 5.16. The van der Waals surface area contributed by atoms with Gasteiger partial charge in [-0.05, 0) is 36.7 Å². The van der Waals surface area contributed by atoms with Crippen LogP contribution < -0.4 is 10.6 Å². The number of hydrogen-bond donors (Lipinski definition) is 2. The predicted octanol–water partition coefficient (Wildman–Crippen LogP) is 4.53. The zero-order chi connectivity index (χ0) is 17.5. The summed E-state index contributed by atoms with van der Waals surface area (Å²) in [6, 6.07) is 11.8. The molecule has 4 nitrogen and oxygen atoms in total. The number of anilines is 1. The lowest BCUT2D eigenvalue weighted by Gasteiger charge is -2.12. The molecule has 0 saturated carbocycles. The Bertz CT molecular complexity index is 696. The standard InChI is InChI=1S/C18H22N2O2S2/c1-4-22-17(21)14-10-15(13-8-6-5-7-9-13)24-16(14)20-18(23)19-11-12(2)3/h5-10,12H,4,11H2,1-3H3,(H2,19,20,23). The summed E-state index contributed by atoms with van der Waals surface area (Å²) in [7, 11) is 0. The third-order valence-electron chi connectivity index (χ3n) is 3.18. The van der Waals surface area contributed by atoms with Crippen molar-refractivity contribution in [1.82, 2.24) is 5.32 Å². The zero-order valence-corrected chi connectivity index (χ0v) is 15.7. The van der Waals surface area contributed by atoms with Gasteiger partial charge in [0.25, 0.3) is 0 Å². The second-order valence-electron chi connectivity index (χ2n) is 5.67. The predicted molar refractivity (Wildman–Crippen MR) is 105 cm³/mol. The monoisotopic (exact) mass is 362 g/mol. The van der Waals surface area contributed by atoms with Crippen LogP contribution in [0.25, 0.3) is 10.4 Å². The van der Waals surface area contributed by atoms with Crippen LogP contribution in [0.4, 0.5) is 5.00 Å². The highest BCUT2D eigenvalue weighted by Crippen LogP contribution is 2.35. The van der Waals surface area contributed by atoms with Gasteiger partial charge in [-0.3, -0.25) is 0 Å². The van der Waals surface area contributed by atoms with Crippen molar-refractivity contribution < 1.29 is 9.53 Å². The lowest BCUT2D eigenvalue weighted by molar-refractivity contribution is 0.0528. The Morgan fingerprint density at radius 3 is 2.62 bits per heavy atom. The minimum absolute atomic E-state index is 0.338. The van der Waals surface area contributed by atoms with Crippen molar-refractivity contribution in [3.63, 3.8) is 0 Å². The highest BCUT2D eigenvalue weighted by Gasteiger charge is 2.19. The molecule has 0 atom stereocenters. The third kappa shape index (κ3) is 5.04. The van der Waals surface area contributed by atoms with E-state index in [4.69, 9.17) is 17.0 Å². The van der Waals surface area contributed by atoms with Gasteiger partial charge in [-0.25, -0.2) is 4.79 Å². The van der Waals surface area contributed by atoms with E-state index in [9.17, 15) is 4.79 Å². The number of esters is 1. The number of thiophene rings is 1. The maximum absolute atomic E-state index is 12.2. The normalized spacial score (nSPS) is 10.5. The Hall–Kier alpha value is -1.92. The van der Waals surface area contributed by atoms with E-state index in [0.717, 1.165) is 17.0 Å². The minimum Gasteiger partial charge on any atom is -0.462 e. The third-order valence-corrected chi connectivity index (χ3v) is 4.53.